The van der Waals surface area contributed by atoms with Gasteiger partial charge in [0.15, 0.2) is 0 Å². The van der Waals surface area contributed by atoms with Gasteiger partial charge < -0.3 is 4.90 Å². The van der Waals surface area contributed by atoms with Crippen molar-refractivity contribution in [2.24, 2.45) is 0 Å². The third-order valence-corrected chi connectivity index (χ3v) is 4.09. The molecule has 2 nitrogen and oxygen atoms in total. The molecule has 0 saturated heterocycles. The second-order valence-corrected chi connectivity index (χ2v) is 5.26. The molecular formula is C13H15ClN2S. The van der Waals surface area contributed by atoms with Crippen LogP contribution in [0.3, 0.4) is 0 Å². The highest BCUT2D eigenvalue weighted by Gasteiger charge is 2.13. The van der Waals surface area contributed by atoms with Crippen molar-refractivity contribution in [3.63, 3.8) is 0 Å². The van der Waals surface area contributed by atoms with Gasteiger partial charge in [-0.25, -0.2) is 4.98 Å². The molecule has 0 bridgehead atoms. The number of likely N-dealkylation sites (N-methyl/N-ethyl adjacent to an activating group) is 1. The minimum atomic E-state index is 0. The van der Waals surface area contributed by atoms with Gasteiger partial charge in [0.05, 0.1) is 10.2 Å². The SMILES string of the molecule is CN1CC=C(c2nc3ccccc3s2)CC1.Cl. The molecule has 2 heterocycles. The quantitative estimate of drug-likeness (QED) is 0.786. The molecule has 1 aliphatic rings. The zero-order valence-electron chi connectivity index (χ0n) is 9.72. The summed E-state index contributed by atoms with van der Waals surface area (Å²) in [6.07, 6.45) is 3.43. The molecule has 0 fully saturated rings. The molecule has 0 N–H and O–H groups in total. The summed E-state index contributed by atoms with van der Waals surface area (Å²) in [5.41, 5.74) is 2.54. The summed E-state index contributed by atoms with van der Waals surface area (Å²) < 4.78 is 1.29. The number of halogens is 1. The van der Waals surface area contributed by atoms with Crippen LogP contribution in [0.1, 0.15) is 11.4 Å². The number of para-hydroxylation sites is 1. The van der Waals surface area contributed by atoms with Crippen LogP contribution in [0.25, 0.3) is 15.8 Å². The lowest BCUT2D eigenvalue weighted by atomic mass is 10.1. The molecule has 1 aliphatic heterocycles. The van der Waals surface area contributed by atoms with Crippen molar-refractivity contribution < 1.29 is 0 Å². The molecule has 0 radical (unpaired) electrons. The van der Waals surface area contributed by atoms with Gasteiger partial charge in [-0.3, -0.25) is 0 Å². The third kappa shape index (κ3) is 2.51. The molecule has 2 aromatic rings. The Morgan fingerprint density at radius 3 is 2.82 bits per heavy atom. The standard InChI is InChI=1S/C13H14N2S.ClH/c1-15-8-6-10(7-9-15)13-14-11-4-2-3-5-12(11)16-13;/h2-6H,7-9H2,1H3;1H. The average molecular weight is 267 g/mol. The smallest absolute Gasteiger partial charge is 0.120 e. The molecule has 0 saturated carbocycles. The van der Waals surface area contributed by atoms with Gasteiger partial charge in [-0.05, 0) is 31.2 Å². The Hall–Kier alpha value is -0.900. The first-order chi connectivity index (χ1) is 7.83. The molecule has 1 aromatic carbocycles. The lowest BCUT2D eigenvalue weighted by Gasteiger charge is -2.20. The number of benzene rings is 1. The van der Waals surface area contributed by atoms with Crippen LogP contribution in [-0.2, 0) is 0 Å². The fraction of sp³-hybridized carbons (Fsp3) is 0.308. The molecule has 0 atom stereocenters. The lowest BCUT2D eigenvalue weighted by molar-refractivity contribution is 0.370. The maximum atomic E-state index is 4.69. The summed E-state index contributed by atoms with van der Waals surface area (Å²) >= 11 is 1.81. The van der Waals surface area contributed by atoms with E-state index in [4.69, 9.17) is 4.98 Å². The topological polar surface area (TPSA) is 16.1 Å². The number of hydrogen-bond donors (Lipinski definition) is 0. The summed E-state index contributed by atoms with van der Waals surface area (Å²) in [5, 5.41) is 1.20. The molecule has 3 rings (SSSR count). The number of aromatic nitrogens is 1. The van der Waals surface area contributed by atoms with Crippen LogP contribution in [-0.4, -0.2) is 30.0 Å². The number of hydrogen-bond acceptors (Lipinski definition) is 3. The predicted octanol–water partition coefficient (Wildman–Crippen LogP) is 3.44. The van der Waals surface area contributed by atoms with E-state index >= 15 is 0 Å². The lowest BCUT2D eigenvalue weighted by Crippen LogP contribution is -2.23. The Morgan fingerprint density at radius 1 is 1.29 bits per heavy atom. The number of fused-ring (bicyclic) bond motifs is 1. The van der Waals surface area contributed by atoms with Crippen LogP contribution in [0.15, 0.2) is 30.3 Å². The van der Waals surface area contributed by atoms with Crippen LogP contribution < -0.4 is 0 Å². The highest BCUT2D eigenvalue weighted by atomic mass is 35.5. The second-order valence-electron chi connectivity index (χ2n) is 4.23. The zero-order valence-corrected chi connectivity index (χ0v) is 11.4. The molecule has 1 aromatic heterocycles. The van der Waals surface area contributed by atoms with Crippen LogP contribution in [0, 0.1) is 0 Å². The minimum Gasteiger partial charge on any atom is -0.302 e. The summed E-state index contributed by atoms with van der Waals surface area (Å²) in [6, 6.07) is 8.36. The number of nitrogens with zero attached hydrogens (tertiary/aromatic N) is 2. The van der Waals surface area contributed by atoms with Crippen molar-refractivity contribution in [2.45, 2.75) is 6.42 Å². The minimum absolute atomic E-state index is 0. The molecular weight excluding hydrogens is 252 g/mol. The van der Waals surface area contributed by atoms with Crippen molar-refractivity contribution in [3.8, 4) is 0 Å². The summed E-state index contributed by atoms with van der Waals surface area (Å²) in [6.45, 7) is 2.19. The Labute approximate surface area is 111 Å². The Balaban J connectivity index is 0.00000108. The van der Waals surface area contributed by atoms with Crippen molar-refractivity contribution in [1.29, 1.82) is 0 Å². The average Bonchev–Trinajstić information content (AvgIpc) is 2.73. The largest absolute Gasteiger partial charge is 0.302 e. The van der Waals surface area contributed by atoms with E-state index in [0.717, 1.165) is 25.0 Å². The van der Waals surface area contributed by atoms with Crippen LogP contribution in [0.5, 0.6) is 0 Å². The Kier molecular flexibility index (Phi) is 3.82. The van der Waals surface area contributed by atoms with Gasteiger partial charge in [0.2, 0.25) is 0 Å². The van der Waals surface area contributed by atoms with Gasteiger partial charge in [0.1, 0.15) is 5.01 Å². The van der Waals surface area contributed by atoms with Crippen molar-refractivity contribution in [1.82, 2.24) is 9.88 Å². The Morgan fingerprint density at radius 2 is 2.12 bits per heavy atom. The van der Waals surface area contributed by atoms with Gasteiger partial charge in [-0.15, -0.1) is 23.7 Å². The first-order valence-electron chi connectivity index (χ1n) is 5.56. The second kappa shape index (κ2) is 5.17. The summed E-state index contributed by atoms with van der Waals surface area (Å²) in [4.78, 5) is 7.02. The van der Waals surface area contributed by atoms with E-state index < -0.39 is 0 Å². The Bertz CT molecular complexity index is 514. The van der Waals surface area contributed by atoms with Crippen LogP contribution in [0.2, 0.25) is 0 Å². The summed E-state index contributed by atoms with van der Waals surface area (Å²) in [5.74, 6) is 0. The van der Waals surface area contributed by atoms with Crippen LogP contribution in [0.4, 0.5) is 0 Å². The summed E-state index contributed by atoms with van der Waals surface area (Å²) in [7, 11) is 2.16. The number of thiazole rings is 1. The molecule has 0 amide bonds. The van der Waals surface area contributed by atoms with Gasteiger partial charge in [-0.2, -0.15) is 0 Å². The monoisotopic (exact) mass is 266 g/mol. The van der Waals surface area contributed by atoms with Crippen molar-refractivity contribution >= 4 is 39.5 Å². The van der Waals surface area contributed by atoms with E-state index in [1.54, 1.807) is 0 Å². The zero-order chi connectivity index (χ0) is 11.0. The van der Waals surface area contributed by atoms with Gasteiger partial charge in [0.25, 0.3) is 0 Å². The van der Waals surface area contributed by atoms with Gasteiger partial charge in [0, 0.05) is 13.1 Å². The molecule has 0 spiro atoms. The highest BCUT2D eigenvalue weighted by molar-refractivity contribution is 7.19. The molecule has 0 unspecified atom stereocenters. The first-order valence-corrected chi connectivity index (χ1v) is 6.38. The fourth-order valence-corrected chi connectivity index (χ4v) is 3.01. The molecule has 17 heavy (non-hydrogen) atoms. The van der Waals surface area contributed by atoms with Gasteiger partial charge in [-0.1, -0.05) is 18.2 Å². The molecule has 4 heteroatoms. The van der Waals surface area contributed by atoms with Crippen molar-refractivity contribution in [2.75, 3.05) is 20.1 Å². The molecule has 0 aliphatic carbocycles. The van der Waals surface area contributed by atoms with Gasteiger partial charge >= 0.3 is 0 Å². The van der Waals surface area contributed by atoms with E-state index in [-0.39, 0.29) is 12.4 Å². The maximum absolute atomic E-state index is 4.69. The first kappa shape index (κ1) is 12.6. The maximum Gasteiger partial charge on any atom is 0.120 e. The normalized spacial score (nSPS) is 16.6. The number of rotatable bonds is 1. The van der Waals surface area contributed by atoms with Crippen LogP contribution >= 0.6 is 23.7 Å². The predicted molar refractivity (Wildman–Crippen MR) is 77.0 cm³/mol. The van der Waals surface area contributed by atoms with E-state index in [0.29, 0.717) is 0 Å². The third-order valence-electron chi connectivity index (χ3n) is 2.98. The molecule has 90 valence electrons. The fourth-order valence-electron chi connectivity index (χ4n) is 1.97. The highest BCUT2D eigenvalue weighted by Crippen LogP contribution is 2.29. The van der Waals surface area contributed by atoms with Crippen molar-refractivity contribution in [3.05, 3.63) is 35.3 Å². The van der Waals surface area contributed by atoms with E-state index in [9.17, 15) is 0 Å². The van der Waals surface area contributed by atoms with E-state index in [1.807, 2.05) is 11.3 Å². The van der Waals surface area contributed by atoms with E-state index in [2.05, 4.69) is 42.3 Å². The van der Waals surface area contributed by atoms with E-state index in [1.165, 1.54) is 15.3 Å².